The van der Waals surface area contributed by atoms with Gasteiger partial charge in [-0.15, -0.1) is 0 Å². The van der Waals surface area contributed by atoms with E-state index in [0.29, 0.717) is 17.9 Å². The minimum Gasteiger partial charge on any atom is -0.395 e. The second-order valence-corrected chi connectivity index (χ2v) is 3.89. The van der Waals surface area contributed by atoms with E-state index in [0.717, 1.165) is 18.7 Å². The second kappa shape index (κ2) is 5.01. The third-order valence-corrected chi connectivity index (χ3v) is 2.58. The standard InChI is InChI=1S/C11H20N4O/c1-5-7-14(4)11(16)10-9(12)8(3)13-15(10)6-2/h5-7,12H2,1-4H3. The smallest absolute Gasteiger partial charge is 0.274 e. The highest BCUT2D eigenvalue weighted by molar-refractivity contribution is 5.97. The highest BCUT2D eigenvalue weighted by Crippen LogP contribution is 2.18. The van der Waals surface area contributed by atoms with Crippen LogP contribution in [-0.4, -0.2) is 34.2 Å². The lowest BCUT2D eigenvalue weighted by Gasteiger charge is -2.16. The number of amides is 1. The molecular formula is C11H20N4O. The van der Waals surface area contributed by atoms with Gasteiger partial charge in [-0.05, 0) is 20.3 Å². The van der Waals surface area contributed by atoms with Crippen LogP contribution in [0.4, 0.5) is 5.69 Å². The summed E-state index contributed by atoms with van der Waals surface area (Å²) in [6.07, 6.45) is 0.932. The fraction of sp³-hybridized carbons (Fsp3) is 0.636. The van der Waals surface area contributed by atoms with Crippen LogP contribution in [0.3, 0.4) is 0 Å². The molecule has 1 aromatic rings. The largest absolute Gasteiger partial charge is 0.395 e. The number of hydrogen-bond acceptors (Lipinski definition) is 3. The third-order valence-electron chi connectivity index (χ3n) is 2.58. The summed E-state index contributed by atoms with van der Waals surface area (Å²) in [6, 6.07) is 0. The topological polar surface area (TPSA) is 64.2 Å². The summed E-state index contributed by atoms with van der Waals surface area (Å²) in [5.74, 6) is -0.0539. The highest BCUT2D eigenvalue weighted by atomic mass is 16.2. The Morgan fingerprint density at radius 2 is 2.12 bits per heavy atom. The normalized spacial score (nSPS) is 10.5. The van der Waals surface area contributed by atoms with Crippen LogP contribution in [0.1, 0.15) is 36.5 Å². The number of nitrogens with zero attached hydrogens (tertiary/aromatic N) is 3. The van der Waals surface area contributed by atoms with Crippen molar-refractivity contribution < 1.29 is 4.79 Å². The first-order valence-electron chi connectivity index (χ1n) is 5.61. The van der Waals surface area contributed by atoms with E-state index in [1.54, 1.807) is 16.6 Å². The first-order chi connectivity index (χ1) is 7.52. The van der Waals surface area contributed by atoms with Crippen LogP contribution in [0.2, 0.25) is 0 Å². The minimum absolute atomic E-state index is 0.0539. The van der Waals surface area contributed by atoms with Gasteiger partial charge in [-0.25, -0.2) is 0 Å². The van der Waals surface area contributed by atoms with Crippen LogP contribution in [-0.2, 0) is 6.54 Å². The van der Waals surface area contributed by atoms with E-state index in [1.165, 1.54) is 0 Å². The average Bonchev–Trinajstić information content (AvgIpc) is 2.54. The lowest BCUT2D eigenvalue weighted by atomic mass is 10.2. The number of hydrogen-bond donors (Lipinski definition) is 1. The molecule has 5 nitrogen and oxygen atoms in total. The van der Waals surface area contributed by atoms with Gasteiger partial charge in [0, 0.05) is 20.1 Å². The van der Waals surface area contributed by atoms with Crippen molar-refractivity contribution in [2.45, 2.75) is 33.7 Å². The van der Waals surface area contributed by atoms with Gasteiger partial charge in [0.15, 0.2) is 0 Å². The molecule has 2 N–H and O–H groups in total. The molecule has 0 atom stereocenters. The van der Waals surface area contributed by atoms with Crippen LogP contribution in [0.5, 0.6) is 0 Å². The minimum atomic E-state index is -0.0539. The van der Waals surface area contributed by atoms with E-state index in [2.05, 4.69) is 5.10 Å². The summed E-state index contributed by atoms with van der Waals surface area (Å²) >= 11 is 0. The van der Waals surface area contributed by atoms with Gasteiger partial charge in [0.1, 0.15) is 5.69 Å². The molecule has 5 heteroatoms. The number of aromatic nitrogens is 2. The summed E-state index contributed by atoms with van der Waals surface area (Å²) in [4.78, 5) is 13.8. The predicted octanol–water partition coefficient (Wildman–Crippen LogP) is 1.28. The van der Waals surface area contributed by atoms with E-state index in [4.69, 9.17) is 5.73 Å². The lowest BCUT2D eigenvalue weighted by Crippen LogP contribution is -2.30. The number of anilines is 1. The molecule has 1 aromatic heterocycles. The first kappa shape index (κ1) is 12.5. The molecule has 0 bridgehead atoms. The molecule has 0 aliphatic rings. The van der Waals surface area contributed by atoms with Gasteiger partial charge in [0.25, 0.3) is 5.91 Å². The molecule has 0 unspecified atom stereocenters. The molecule has 0 saturated carbocycles. The summed E-state index contributed by atoms with van der Waals surface area (Å²) < 4.78 is 1.67. The van der Waals surface area contributed by atoms with Gasteiger partial charge < -0.3 is 10.6 Å². The summed E-state index contributed by atoms with van der Waals surface area (Å²) in [6.45, 7) is 7.18. The van der Waals surface area contributed by atoms with Crippen LogP contribution in [0.25, 0.3) is 0 Å². The van der Waals surface area contributed by atoms with Gasteiger partial charge >= 0.3 is 0 Å². The maximum Gasteiger partial charge on any atom is 0.274 e. The Kier molecular flexibility index (Phi) is 3.93. The number of carbonyl (C=O) groups excluding carboxylic acids is 1. The molecule has 0 aliphatic carbocycles. The summed E-state index contributed by atoms with van der Waals surface area (Å²) in [5.41, 5.74) is 7.61. The quantitative estimate of drug-likeness (QED) is 0.837. The Labute approximate surface area is 96.2 Å². The van der Waals surface area contributed by atoms with E-state index in [-0.39, 0.29) is 5.91 Å². The highest BCUT2D eigenvalue weighted by Gasteiger charge is 2.21. The van der Waals surface area contributed by atoms with Crippen molar-refractivity contribution in [1.29, 1.82) is 0 Å². The maximum absolute atomic E-state index is 12.1. The predicted molar refractivity (Wildman–Crippen MR) is 64.3 cm³/mol. The van der Waals surface area contributed by atoms with Crippen molar-refractivity contribution in [2.24, 2.45) is 0 Å². The summed E-state index contributed by atoms with van der Waals surface area (Å²) in [7, 11) is 1.79. The number of nitrogens with two attached hydrogens (primary N) is 1. The lowest BCUT2D eigenvalue weighted by molar-refractivity contribution is 0.0784. The van der Waals surface area contributed by atoms with Gasteiger partial charge in [0.05, 0.1) is 11.4 Å². The fourth-order valence-corrected chi connectivity index (χ4v) is 1.67. The fourth-order valence-electron chi connectivity index (χ4n) is 1.67. The molecule has 0 saturated heterocycles. The van der Waals surface area contributed by atoms with Crippen molar-refractivity contribution in [1.82, 2.24) is 14.7 Å². The van der Waals surface area contributed by atoms with E-state index < -0.39 is 0 Å². The van der Waals surface area contributed by atoms with Gasteiger partial charge in [-0.2, -0.15) is 5.10 Å². The number of aryl methyl sites for hydroxylation is 2. The molecule has 90 valence electrons. The van der Waals surface area contributed by atoms with E-state index in [9.17, 15) is 4.79 Å². The molecular weight excluding hydrogens is 204 g/mol. The number of nitrogen functional groups attached to an aromatic ring is 1. The Balaban J connectivity index is 3.07. The molecule has 0 radical (unpaired) electrons. The maximum atomic E-state index is 12.1. The third kappa shape index (κ3) is 2.18. The Morgan fingerprint density at radius 1 is 1.50 bits per heavy atom. The molecule has 0 spiro atoms. The number of rotatable bonds is 4. The number of carbonyl (C=O) groups is 1. The second-order valence-electron chi connectivity index (χ2n) is 3.89. The van der Waals surface area contributed by atoms with Crippen molar-refractivity contribution >= 4 is 11.6 Å². The first-order valence-corrected chi connectivity index (χ1v) is 5.61. The van der Waals surface area contributed by atoms with Crippen molar-refractivity contribution in [2.75, 3.05) is 19.3 Å². The Hall–Kier alpha value is -1.52. The van der Waals surface area contributed by atoms with Gasteiger partial charge in [0.2, 0.25) is 0 Å². The van der Waals surface area contributed by atoms with Gasteiger partial charge in [-0.1, -0.05) is 6.92 Å². The van der Waals surface area contributed by atoms with Gasteiger partial charge in [-0.3, -0.25) is 9.48 Å². The zero-order valence-corrected chi connectivity index (χ0v) is 10.4. The summed E-state index contributed by atoms with van der Waals surface area (Å²) in [5, 5.41) is 4.24. The van der Waals surface area contributed by atoms with Crippen molar-refractivity contribution in [3.8, 4) is 0 Å². The molecule has 0 aromatic carbocycles. The SMILES string of the molecule is CCCN(C)C(=O)c1c(N)c(C)nn1CC. The molecule has 1 amide bonds. The van der Waals surface area contributed by atoms with E-state index in [1.807, 2.05) is 20.8 Å². The van der Waals surface area contributed by atoms with Crippen LogP contribution in [0, 0.1) is 6.92 Å². The van der Waals surface area contributed by atoms with Crippen molar-refractivity contribution in [3.63, 3.8) is 0 Å². The molecule has 1 rings (SSSR count). The molecule has 16 heavy (non-hydrogen) atoms. The zero-order valence-electron chi connectivity index (χ0n) is 10.4. The van der Waals surface area contributed by atoms with Crippen LogP contribution < -0.4 is 5.73 Å². The Bertz CT molecular complexity index is 384. The van der Waals surface area contributed by atoms with Crippen LogP contribution in [0.15, 0.2) is 0 Å². The molecule has 0 aliphatic heterocycles. The molecule has 1 heterocycles. The monoisotopic (exact) mass is 224 g/mol. The van der Waals surface area contributed by atoms with Crippen LogP contribution >= 0.6 is 0 Å². The van der Waals surface area contributed by atoms with Crippen molar-refractivity contribution in [3.05, 3.63) is 11.4 Å². The zero-order chi connectivity index (χ0) is 12.3. The van der Waals surface area contributed by atoms with E-state index >= 15 is 0 Å². The average molecular weight is 224 g/mol. The molecule has 0 fully saturated rings. The Morgan fingerprint density at radius 3 is 2.62 bits per heavy atom.